The topological polar surface area (TPSA) is 66.4 Å². The Balaban J connectivity index is 2.33. The third-order valence-corrected chi connectivity index (χ3v) is 3.12. The van der Waals surface area contributed by atoms with Crippen LogP contribution in [0.25, 0.3) is 0 Å². The van der Waals surface area contributed by atoms with Crippen molar-refractivity contribution in [2.24, 2.45) is 0 Å². The summed E-state index contributed by atoms with van der Waals surface area (Å²) in [7, 11) is 0. The van der Waals surface area contributed by atoms with Crippen LogP contribution in [0.3, 0.4) is 0 Å². The summed E-state index contributed by atoms with van der Waals surface area (Å²) in [6.07, 6.45) is 5.56. The fourth-order valence-electron chi connectivity index (χ4n) is 1.94. The lowest BCUT2D eigenvalue weighted by molar-refractivity contribution is -0.137. The van der Waals surface area contributed by atoms with Crippen LogP contribution in [0.2, 0.25) is 0 Å². The molecule has 0 radical (unpaired) electrons. The number of carbonyl (C=O) groups excluding carboxylic acids is 1. The van der Waals surface area contributed by atoms with E-state index < -0.39 is 5.97 Å². The number of aliphatic carboxylic acids is 1. The SMILES string of the molecule is CCCCCCC(=O)Nc1ccc(CCC(=O)O)cc1. The second kappa shape index (κ2) is 9.13. The van der Waals surface area contributed by atoms with E-state index in [1.165, 1.54) is 12.8 Å². The Morgan fingerprint density at radius 3 is 2.35 bits per heavy atom. The molecule has 0 spiro atoms. The van der Waals surface area contributed by atoms with Gasteiger partial charge in [0.1, 0.15) is 0 Å². The molecule has 1 amide bonds. The molecule has 0 fully saturated rings. The zero-order valence-electron chi connectivity index (χ0n) is 12.0. The third kappa shape index (κ3) is 6.92. The first-order valence-electron chi connectivity index (χ1n) is 7.22. The predicted octanol–water partition coefficient (Wildman–Crippen LogP) is 3.61. The number of carbonyl (C=O) groups is 2. The molecule has 0 aliphatic rings. The van der Waals surface area contributed by atoms with Crippen molar-refractivity contribution in [3.05, 3.63) is 29.8 Å². The molecule has 0 atom stereocenters. The molecule has 0 heterocycles. The Kier molecular flexibility index (Phi) is 7.40. The van der Waals surface area contributed by atoms with Crippen LogP contribution >= 0.6 is 0 Å². The average molecular weight is 277 g/mol. The molecule has 2 N–H and O–H groups in total. The van der Waals surface area contributed by atoms with Crippen molar-refractivity contribution in [3.63, 3.8) is 0 Å². The molecule has 0 aliphatic carbocycles. The van der Waals surface area contributed by atoms with Gasteiger partial charge in [0.15, 0.2) is 0 Å². The number of hydrogen-bond donors (Lipinski definition) is 2. The largest absolute Gasteiger partial charge is 0.481 e. The zero-order valence-corrected chi connectivity index (χ0v) is 12.0. The summed E-state index contributed by atoms with van der Waals surface area (Å²) in [6, 6.07) is 7.35. The molecule has 1 aromatic rings. The molecule has 0 saturated heterocycles. The van der Waals surface area contributed by atoms with Gasteiger partial charge >= 0.3 is 5.97 Å². The first-order chi connectivity index (χ1) is 9.61. The van der Waals surface area contributed by atoms with Gasteiger partial charge in [-0.15, -0.1) is 0 Å². The van der Waals surface area contributed by atoms with Crippen molar-refractivity contribution in [1.82, 2.24) is 0 Å². The van der Waals surface area contributed by atoms with Gasteiger partial charge < -0.3 is 10.4 Å². The number of amides is 1. The first kappa shape index (κ1) is 16.2. The Morgan fingerprint density at radius 2 is 1.75 bits per heavy atom. The highest BCUT2D eigenvalue weighted by Crippen LogP contribution is 2.12. The molecule has 0 unspecified atom stereocenters. The number of anilines is 1. The van der Waals surface area contributed by atoms with Crippen LogP contribution in [-0.4, -0.2) is 17.0 Å². The third-order valence-electron chi connectivity index (χ3n) is 3.12. The van der Waals surface area contributed by atoms with Gasteiger partial charge in [-0.3, -0.25) is 9.59 Å². The quantitative estimate of drug-likeness (QED) is 0.677. The highest BCUT2D eigenvalue weighted by Gasteiger charge is 2.03. The van der Waals surface area contributed by atoms with Crippen molar-refractivity contribution in [3.8, 4) is 0 Å². The summed E-state index contributed by atoms with van der Waals surface area (Å²) in [5.41, 5.74) is 1.73. The van der Waals surface area contributed by atoms with Crippen LogP contribution in [0.15, 0.2) is 24.3 Å². The fourth-order valence-corrected chi connectivity index (χ4v) is 1.94. The van der Waals surface area contributed by atoms with E-state index in [1.807, 2.05) is 24.3 Å². The minimum absolute atomic E-state index is 0.0411. The maximum atomic E-state index is 11.7. The molecule has 110 valence electrons. The van der Waals surface area contributed by atoms with Gasteiger partial charge in [-0.25, -0.2) is 0 Å². The number of nitrogens with one attached hydrogen (secondary N) is 1. The van der Waals surface area contributed by atoms with Crippen molar-refractivity contribution in [1.29, 1.82) is 0 Å². The highest BCUT2D eigenvalue weighted by molar-refractivity contribution is 5.90. The highest BCUT2D eigenvalue weighted by atomic mass is 16.4. The van der Waals surface area contributed by atoms with Gasteiger partial charge in [-0.2, -0.15) is 0 Å². The van der Waals surface area contributed by atoms with Gasteiger partial charge in [0, 0.05) is 18.5 Å². The van der Waals surface area contributed by atoms with Gasteiger partial charge in [0.05, 0.1) is 0 Å². The first-order valence-corrected chi connectivity index (χ1v) is 7.22. The smallest absolute Gasteiger partial charge is 0.303 e. The molecule has 0 bridgehead atoms. The van der Waals surface area contributed by atoms with Crippen molar-refractivity contribution < 1.29 is 14.7 Å². The number of aryl methyl sites for hydroxylation is 1. The minimum atomic E-state index is -0.797. The van der Waals surface area contributed by atoms with Crippen LogP contribution in [0, 0.1) is 0 Å². The molecule has 1 rings (SSSR count). The average Bonchev–Trinajstić information content (AvgIpc) is 2.43. The molecular weight excluding hydrogens is 254 g/mol. The minimum Gasteiger partial charge on any atom is -0.481 e. The Labute approximate surface area is 120 Å². The number of carboxylic acids is 1. The fraction of sp³-hybridized carbons (Fsp3) is 0.500. The molecule has 4 heteroatoms. The van der Waals surface area contributed by atoms with Crippen molar-refractivity contribution in [2.75, 3.05) is 5.32 Å². The molecule has 4 nitrogen and oxygen atoms in total. The monoisotopic (exact) mass is 277 g/mol. The molecule has 0 aromatic heterocycles. The number of unbranched alkanes of at least 4 members (excludes halogenated alkanes) is 3. The molecular formula is C16H23NO3. The van der Waals surface area contributed by atoms with E-state index in [2.05, 4.69) is 12.2 Å². The van der Waals surface area contributed by atoms with Crippen LogP contribution < -0.4 is 5.32 Å². The number of rotatable bonds is 9. The van der Waals surface area contributed by atoms with E-state index in [0.29, 0.717) is 12.8 Å². The number of benzene rings is 1. The van der Waals surface area contributed by atoms with E-state index in [4.69, 9.17) is 5.11 Å². The number of hydrogen-bond acceptors (Lipinski definition) is 2. The van der Waals surface area contributed by atoms with Crippen molar-refractivity contribution >= 4 is 17.6 Å². The molecule has 0 saturated carbocycles. The van der Waals surface area contributed by atoms with Crippen LogP contribution in [0.5, 0.6) is 0 Å². The molecule has 1 aromatic carbocycles. The summed E-state index contributed by atoms with van der Waals surface area (Å²) in [6.45, 7) is 2.14. The van der Waals surface area contributed by atoms with Crippen molar-refractivity contribution in [2.45, 2.75) is 51.9 Å². The van der Waals surface area contributed by atoms with Gasteiger partial charge in [-0.05, 0) is 30.5 Å². The van der Waals surface area contributed by atoms with Gasteiger partial charge in [0.2, 0.25) is 5.91 Å². The Bertz CT molecular complexity index is 426. The van der Waals surface area contributed by atoms with E-state index in [0.717, 1.165) is 24.1 Å². The van der Waals surface area contributed by atoms with E-state index in [1.54, 1.807) is 0 Å². The summed E-state index contributed by atoms with van der Waals surface area (Å²) in [4.78, 5) is 22.2. The van der Waals surface area contributed by atoms with Crippen LogP contribution in [-0.2, 0) is 16.0 Å². The maximum absolute atomic E-state index is 11.7. The molecule has 20 heavy (non-hydrogen) atoms. The van der Waals surface area contributed by atoms with E-state index in [-0.39, 0.29) is 12.3 Å². The summed E-state index contributed by atoms with van der Waals surface area (Å²) in [5, 5.41) is 11.5. The normalized spacial score (nSPS) is 10.2. The second-order valence-corrected chi connectivity index (χ2v) is 4.95. The standard InChI is InChI=1S/C16H23NO3/c1-2-3-4-5-6-15(18)17-14-10-7-13(8-11-14)9-12-16(19)20/h7-8,10-11H,2-6,9,12H2,1H3,(H,17,18)(H,19,20). The lowest BCUT2D eigenvalue weighted by atomic mass is 10.1. The van der Waals surface area contributed by atoms with Gasteiger partial charge in [-0.1, -0.05) is 38.3 Å². The molecule has 0 aliphatic heterocycles. The maximum Gasteiger partial charge on any atom is 0.303 e. The lowest BCUT2D eigenvalue weighted by Crippen LogP contribution is -2.11. The van der Waals surface area contributed by atoms with Crippen LogP contribution in [0.1, 0.15) is 51.0 Å². The van der Waals surface area contributed by atoms with Gasteiger partial charge in [0.25, 0.3) is 0 Å². The predicted molar refractivity (Wildman–Crippen MR) is 79.8 cm³/mol. The number of carboxylic acid groups (broad SMARTS) is 1. The summed E-state index contributed by atoms with van der Waals surface area (Å²) < 4.78 is 0. The summed E-state index contributed by atoms with van der Waals surface area (Å²) in [5.74, 6) is -0.756. The lowest BCUT2D eigenvalue weighted by Gasteiger charge is -2.06. The second-order valence-electron chi connectivity index (χ2n) is 4.95. The Hall–Kier alpha value is -1.84. The van der Waals surface area contributed by atoms with Crippen LogP contribution in [0.4, 0.5) is 5.69 Å². The summed E-state index contributed by atoms with van der Waals surface area (Å²) >= 11 is 0. The van der Waals surface area contributed by atoms with E-state index >= 15 is 0 Å². The zero-order chi connectivity index (χ0) is 14.8. The Morgan fingerprint density at radius 1 is 1.05 bits per heavy atom. The van der Waals surface area contributed by atoms with E-state index in [9.17, 15) is 9.59 Å².